The SMILES string of the molecule is CCOC(=O)C1CCN(CCOc2ccc(Cl)c(C)c2C)CC1. The molecule has 1 aliphatic heterocycles. The zero-order valence-corrected chi connectivity index (χ0v) is 15.0. The Kier molecular flexibility index (Phi) is 6.72. The van der Waals surface area contributed by atoms with Crippen LogP contribution < -0.4 is 4.74 Å². The molecule has 0 bridgehead atoms. The average Bonchev–Trinajstić information content (AvgIpc) is 2.55. The Morgan fingerprint density at radius 2 is 1.96 bits per heavy atom. The molecule has 5 heteroatoms. The van der Waals surface area contributed by atoms with Gasteiger partial charge in [-0.05, 0) is 70.0 Å². The number of esters is 1. The van der Waals surface area contributed by atoms with E-state index in [1.54, 1.807) is 0 Å². The van der Waals surface area contributed by atoms with Crippen molar-refractivity contribution in [1.29, 1.82) is 0 Å². The van der Waals surface area contributed by atoms with E-state index < -0.39 is 0 Å². The normalized spacial score (nSPS) is 16.3. The van der Waals surface area contributed by atoms with E-state index in [0.29, 0.717) is 13.2 Å². The monoisotopic (exact) mass is 339 g/mol. The van der Waals surface area contributed by atoms with Gasteiger partial charge in [0.05, 0.1) is 12.5 Å². The third kappa shape index (κ3) is 4.85. The molecular weight excluding hydrogens is 314 g/mol. The number of piperidine rings is 1. The number of halogens is 1. The second-order valence-corrected chi connectivity index (χ2v) is 6.42. The van der Waals surface area contributed by atoms with Gasteiger partial charge in [-0.25, -0.2) is 0 Å². The lowest BCUT2D eigenvalue weighted by Crippen LogP contribution is -2.39. The second-order valence-electron chi connectivity index (χ2n) is 6.01. The minimum atomic E-state index is -0.0457. The summed E-state index contributed by atoms with van der Waals surface area (Å²) in [5.74, 6) is 0.914. The van der Waals surface area contributed by atoms with E-state index in [9.17, 15) is 4.79 Å². The highest BCUT2D eigenvalue weighted by Crippen LogP contribution is 2.27. The summed E-state index contributed by atoms with van der Waals surface area (Å²) in [4.78, 5) is 14.1. The van der Waals surface area contributed by atoms with Crippen LogP contribution in [0.2, 0.25) is 5.02 Å². The van der Waals surface area contributed by atoms with Gasteiger partial charge in [0.1, 0.15) is 12.4 Å². The van der Waals surface area contributed by atoms with Crippen molar-refractivity contribution >= 4 is 17.6 Å². The molecule has 0 N–H and O–H groups in total. The van der Waals surface area contributed by atoms with E-state index in [1.165, 1.54) is 0 Å². The molecule has 1 heterocycles. The molecule has 1 saturated heterocycles. The molecular formula is C18H26ClNO3. The van der Waals surface area contributed by atoms with Crippen LogP contribution in [0.3, 0.4) is 0 Å². The van der Waals surface area contributed by atoms with Crippen molar-refractivity contribution in [2.75, 3.05) is 32.8 Å². The Morgan fingerprint density at radius 1 is 1.26 bits per heavy atom. The molecule has 0 saturated carbocycles. The molecule has 23 heavy (non-hydrogen) atoms. The summed E-state index contributed by atoms with van der Waals surface area (Å²) in [6, 6.07) is 3.81. The van der Waals surface area contributed by atoms with E-state index in [0.717, 1.165) is 54.4 Å². The summed E-state index contributed by atoms with van der Waals surface area (Å²) in [6.45, 7) is 9.71. The van der Waals surface area contributed by atoms with Crippen LogP contribution in [0.1, 0.15) is 30.9 Å². The van der Waals surface area contributed by atoms with Gasteiger partial charge in [-0.3, -0.25) is 9.69 Å². The van der Waals surface area contributed by atoms with E-state index in [2.05, 4.69) is 4.90 Å². The lowest BCUT2D eigenvalue weighted by molar-refractivity contribution is -0.149. The fraction of sp³-hybridized carbons (Fsp3) is 0.611. The molecule has 1 fully saturated rings. The van der Waals surface area contributed by atoms with Gasteiger partial charge in [-0.1, -0.05) is 11.6 Å². The average molecular weight is 340 g/mol. The van der Waals surface area contributed by atoms with Gasteiger partial charge >= 0.3 is 5.97 Å². The van der Waals surface area contributed by atoms with Crippen molar-refractivity contribution in [2.24, 2.45) is 5.92 Å². The topological polar surface area (TPSA) is 38.8 Å². The zero-order chi connectivity index (χ0) is 16.8. The molecule has 128 valence electrons. The molecule has 0 radical (unpaired) electrons. The van der Waals surface area contributed by atoms with E-state index in [1.807, 2.05) is 32.9 Å². The van der Waals surface area contributed by atoms with E-state index in [-0.39, 0.29) is 11.9 Å². The Hall–Kier alpha value is -1.26. The third-order valence-electron chi connectivity index (χ3n) is 4.54. The van der Waals surface area contributed by atoms with E-state index >= 15 is 0 Å². The molecule has 0 atom stereocenters. The third-order valence-corrected chi connectivity index (χ3v) is 4.95. The van der Waals surface area contributed by atoms with Crippen molar-refractivity contribution in [3.05, 3.63) is 28.3 Å². The summed E-state index contributed by atoms with van der Waals surface area (Å²) in [5, 5.41) is 0.774. The first-order chi connectivity index (χ1) is 11.0. The highest BCUT2D eigenvalue weighted by molar-refractivity contribution is 6.31. The quantitative estimate of drug-likeness (QED) is 0.742. The molecule has 1 aromatic rings. The maximum absolute atomic E-state index is 11.7. The molecule has 0 spiro atoms. The molecule has 2 rings (SSSR count). The molecule has 0 amide bonds. The highest BCUT2D eigenvalue weighted by Gasteiger charge is 2.25. The molecule has 0 aliphatic carbocycles. The lowest BCUT2D eigenvalue weighted by atomic mass is 9.97. The van der Waals surface area contributed by atoms with Crippen molar-refractivity contribution in [3.63, 3.8) is 0 Å². The van der Waals surface area contributed by atoms with Gasteiger partial charge in [0, 0.05) is 11.6 Å². The summed E-state index contributed by atoms with van der Waals surface area (Å²) < 4.78 is 11.0. The van der Waals surface area contributed by atoms with Crippen LogP contribution in [0.15, 0.2) is 12.1 Å². The molecule has 1 aromatic carbocycles. The van der Waals surface area contributed by atoms with Crippen LogP contribution in [0.5, 0.6) is 5.75 Å². The van der Waals surface area contributed by atoms with Crippen LogP contribution in [-0.4, -0.2) is 43.7 Å². The van der Waals surface area contributed by atoms with Crippen LogP contribution in [-0.2, 0) is 9.53 Å². The zero-order valence-electron chi connectivity index (χ0n) is 14.2. The lowest BCUT2D eigenvalue weighted by Gasteiger charge is -2.30. The van der Waals surface area contributed by atoms with Crippen molar-refractivity contribution in [1.82, 2.24) is 4.90 Å². The minimum absolute atomic E-state index is 0.0457. The molecule has 0 unspecified atom stereocenters. The Balaban J connectivity index is 1.74. The summed E-state index contributed by atoms with van der Waals surface area (Å²) in [6.07, 6.45) is 1.75. The number of hydrogen-bond acceptors (Lipinski definition) is 4. The Morgan fingerprint density at radius 3 is 2.61 bits per heavy atom. The predicted molar refractivity (Wildman–Crippen MR) is 92.2 cm³/mol. The number of likely N-dealkylation sites (tertiary alicyclic amines) is 1. The first-order valence-electron chi connectivity index (χ1n) is 8.30. The van der Waals surface area contributed by atoms with Gasteiger partial charge < -0.3 is 9.47 Å². The maximum Gasteiger partial charge on any atom is 0.309 e. The molecule has 0 aromatic heterocycles. The van der Waals surface area contributed by atoms with Crippen molar-refractivity contribution in [2.45, 2.75) is 33.6 Å². The first kappa shape index (κ1) is 18.1. The number of hydrogen-bond donors (Lipinski definition) is 0. The smallest absolute Gasteiger partial charge is 0.309 e. The van der Waals surface area contributed by atoms with Gasteiger partial charge in [0.15, 0.2) is 0 Å². The van der Waals surface area contributed by atoms with Gasteiger partial charge in [-0.15, -0.1) is 0 Å². The number of benzene rings is 1. The number of carbonyl (C=O) groups is 1. The minimum Gasteiger partial charge on any atom is -0.492 e. The van der Waals surface area contributed by atoms with Crippen LogP contribution in [0, 0.1) is 19.8 Å². The van der Waals surface area contributed by atoms with Gasteiger partial charge in [-0.2, -0.15) is 0 Å². The van der Waals surface area contributed by atoms with Crippen molar-refractivity contribution in [3.8, 4) is 5.75 Å². The molecule has 4 nitrogen and oxygen atoms in total. The predicted octanol–water partition coefficient (Wildman–Crippen LogP) is 3.61. The summed E-state index contributed by atoms with van der Waals surface area (Å²) in [5.41, 5.74) is 2.16. The fourth-order valence-electron chi connectivity index (χ4n) is 2.86. The second kappa shape index (κ2) is 8.55. The van der Waals surface area contributed by atoms with Crippen molar-refractivity contribution < 1.29 is 14.3 Å². The summed E-state index contributed by atoms with van der Waals surface area (Å²) in [7, 11) is 0. The molecule has 1 aliphatic rings. The number of ether oxygens (including phenoxy) is 2. The number of carbonyl (C=O) groups excluding carboxylic acids is 1. The largest absolute Gasteiger partial charge is 0.492 e. The maximum atomic E-state index is 11.7. The standard InChI is InChI=1S/C18H26ClNO3/c1-4-22-18(21)15-7-9-20(10-8-15)11-12-23-17-6-5-16(19)13(2)14(17)3/h5-6,15H,4,7-12H2,1-3H3. The summed E-state index contributed by atoms with van der Waals surface area (Å²) >= 11 is 6.10. The highest BCUT2D eigenvalue weighted by atomic mass is 35.5. The van der Waals surface area contributed by atoms with Crippen LogP contribution >= 0.6 is 11.6 Å². The van der Waals surface area contributed by atoms with Gasteiger partial charge in [0.25, 0.3) is 0 Å². The van der Waals surface area contributed by atoms with E-state index in [4.69, 9.17) is 21.1 Å². The number of nitrogens with zero attached hydrogens (tertiary/aromatic N) is 1. The number of rotatable bonds is 6. The fourth-order valence-corrected chi connectivity index (χ4v) is 3.06. The first-order valence-corrected chi connectivity index (χ1v) is 8.68. The van der Waals surface area contributed by atoms with Gasteiger partial charge in [0.2, 0.25) is 0 Å². The van der Waals surface area contributed by atoms with Crippen LogP contribution in [0.4, 0.5) is 0 Å². The van der Waals surface area contributed by atoms with Crippen LogP contribution in [0.25, 0.3) is 0 Å². The Bertz CT molecular complexity index is 539. The Labute approximate surface area is 143 Å².